The third-order valence-corrected chi connectivity index (χ3v) is 0. The fourth-order valence-corrected chi connectivity index (χ4v) is 0. The van der Waals surface area contributed by atoms with Crippen LogP contribution in [0.25, 0.3) is 0 Å². The average Bonchev–Trinajstić information content (AvgIpc) is 1.00. The molecule has 2 nitrogen and oxygen atoms in total. The second-order valence-corrected chi connectivity index (χ2v) is 0. The first-order chi connectivity index (χ1) is 1.00. The molecule has 0 aliphatic carbocycles. The van der Waals surface area contributed by atoms with E-state index in [0.717, 1.165) is 0 Å². The lowest BCUT2D eigenvalue weighted by atomic mass is 10.2. The molecule has 0 unspecified atom stereocenters. The summed E-state index contributed by atoms with van der Waals surface area (Å²) in [5, 5.41) is 0. The van der Waals surface area contributed by atoms with E-state index in [9.17, 15) is 0 Å². The van der Waals surface area contributed by atoms with Gasteiger partial charge in [0.1, 0.15) is 0 Å². The van der Waals surface area contributed by atoms with Gasteiger partial charge in [0.2, 0.25) is 0 Å². The van der Waals surface area contributed by atoms with Crippen molar-refractivity contribution in [1.29, 1.82) is 0 Å². The highest BCUT2D eigenvalue weighted by Gasteiger charge is 1.01. The minimum absolute atomic E-state index is 0. The quantitative estimate of drug-likeness (QED) is 0.287. The second kappa shape index (κ2) is 118. The van der Waals surface area contributed by atoms with Crippen LogP contribution >= 0.6 is 0 Å². The van der Waals surface area contributed by atoms with E-state index in [1.54, 1.807) is 0 Å². The van der Waals surface area contributed by atoms with E-state index >= 15 is 0 Å². The van der Waals surface area contributed by atoms with Crippen LogP contribution in [0.3, 0.4) is 0 Å². The normalized spacial score (nSPS) is 1.00. The first kappa shape index (κ1) is 42.3. The molecule has 4 heteroatoms. The van der Waals surface area contributed by atoms with Crippen molar-refractivity contribution in [3.63, 3.8) is 0 Å². The summed E-state index contributed by atoms with van der Waals surface area (Å²) in [6, 6.07) is 0. The van der Waals surface area contributed by atoms with Gasteiger partial charge in [-0.2, -0.15) is 0 Å². The van der Waals surface area contributed by atoms with Crippen LogP contribution in [-0.2, 0) is 0 Å². The molecule has 4 N–H and O–H groups in total. The molecule has 0 aliphatic heterocycles. The van der Waals surface area contributed by atoms with Gasteiger partial charge in [-0.1, -0.05) is 6.82 Å². The molecule has 0 aromatic rings. The van der Waals surface area contributed by atoms with E-state index in [1.165, 1.54) is 0 Å². The van der Waals surface area contributed by atoms with Crippen molar-refractivity contribution < 1.29 is 11.0 Å². The van der Waals surface area contributed by atoms with Crippen LogP contribution in [0, 0.1) is 0 Å². The zero-order chi connectivity index (χ0) is 2.00. The lowest BCUT2D eigenvalue weighted by Gasteiger charge is -1.00. The monoisotopic (exact) mass is 90.1 g/mol. The Bertz CT molecular complexity index is 9.61. The molecule has 0 fully saturated rings. The summed E-state index contributed by atoms with van der Waals surface area (Å²) in [5.41, 5.74) is 0. The average molecular weight is 90.2 g/mol. The van der Waals surface area contributed by atoms with Gasteiger partial charge < -0.3 is 11.0 Å². The van der Waals surface area contributed by atoms with E-state index in [0.29, 0.717) is 0 Å². The highest BCUT2D eigenvalue weighted by atomic mass is 24.3. The van der Waals surface area contributed by atoms with Crippen LogP contribution < -0.4 is 0 Å². The van der Waals surface area contributed by atoms with Crippen molar-refractivity contribution in [2.75, 3.05) is 0 Å². The third kappa shape index (κ3) is 63.7. The highest BCUT2D eigenvalue weighted by Crippen LogP contribution is 0.960. The Labute approximate surface area is 49.1 Å². The summed E-state index contributed by atoms with van der Waals surface area (Å²) >= 11 is 0. The van der Waals surface area contributed by atoms with Crippen LogP contribution in [0.2, 0.25) is 6.82 Å². The summed E-state index contributed by atoms with van der Waals surface area (Å²) in [5.74, 6) is 0. The highest BCUT2D eigenvalue weighted by molar-refractivity contribution is 6.05. The molecule has 0 bridgehead atoms. The fraction of sp³-hybridized carbons (Fsp3) is 1.00. The van der Waals surface area contributed by atoms with Crippen LogP contribution in [0.15, 0.2) is 0 Å². The van der Waals surface area contributed by atoms with Gasteiger partial charge in [-0.25, -0.2) is 0 Å². The van der Waals surface area contributed by atoms with Gasteiger partial charge in [0.15, 0.2) is 0 Å². The fourth-order valence-electron chi connectivity index (χ4n) is 0. The molecule has 0 saturated heterocycles. The van der Waals surface area contributed by atoms with Gasteiger partial charge >= 0.3 is 23.1 Å². The summed E-state index contributed by atoms with van der Waals surface area (Å²) in [7, 11) is 2.00. The number of rotatable bonds is 0. The Hall–Kier alpha value is 0.751. The Kier molecular flexibility index (Phi) is 1000. The first-order valence-electron chi connectivity index (χ1n) is 1.00. The largest absolute Gasteiger partial charge is 0.412 e. The van der Waals surface area contributed by atoms with Gasteiger partial charge in [0.25, 0.3) is 0 Å². The lowest BCUT2D eigenvalue weighted by Crippen LogP contribution is -1.13. The molecule has 0 spiro atoms. The van der Waals surface area contributed by atoms with Gasteiger partial charge in [0.05, 0.1) is 7.85 Å². The molecular weight excluding hydrogens is 79.1 g/mol. The van der Waals surface area contributed by atoms with E-state index in [4.69, 9.17) is 0 Å². The zero-order valence-electron chi connectivity index (χ0n) is 3.00. The second-order valence-electron chi connectivity index (χ2n) is 0. The molecule has 0 heterocycles. The summed E-state index contributed by atoms with van der Waals surface area (Å²) in [6.07, 6.45) is 0. The molecule has 0 aromatic heterocycles. The zero-order valence-corrected chi connectivity index (χ0v) is 3.00. The van der Waals surface area contributed by atoms with Crippen LogP contribution in [-0.4, -0.2) is 41.9 Å². The maximum absolute atomic E-state index is 2.00. The van der Waals surface area contributed by atoms with Gasteiger partial charge in [-0.15, -0.1) is 0 Å². The Balaban J connectivity index is -0.00000000167. The van der Waals surface area contributed by atoms with Crippen molar-refractivity contribution in [2.24, 2.45) is 0 Å². The third-order valence-electron chi connectivity index (χ3n) is 0. The number of hydrogen-bond acceptors (Lipinski definition) is 0. The molecular formula is CH11BMgO2. The molecule has 0 saturated carbocycles. The summed E-state index contributed by atoms with van der Waals surface area (Å²) < 4.78 is 0. The van der Waals surface area contributed by atoms with Crippen molar-refractivity contribution in [3.05, 3.63) is 0 Å². The predicted molar refractivity (Wildman–Crippen MR) is 30.2 cm³/mol. The number of hydrogen-bond donors (Lipinski definition) is 0. The van der Waals surface area contributed by atoms with E-state index < -0.39 is 0 Å². The Morgan fingerprint density at radius 3 is 1.00 bits per heavy atom. The predicted octanol–water partition coefficient (Wildman–Crippen LogP) is -2.90. The van der Waals surface area contributed by atoms with Crippen LogP contribution in [0.4, 0.5) is 0 Å². The van der Waals surface area contributed by atoms with Crippen LogP contribution in [0.5, 0.6) is 0 Å². The Morgan fingerprint density at radius 2 is 1.00 bits per heavy atom. The van der Waals surface area contributed by atoms with Gasteiger partial charge in [0, 0.05) is 0 Å². The first-order valence-corrected chi connectivity index (χ1v) is 1.00. The maximum Gasteiger partial charge on any atom is 0.316 e. The molecule has 0 amide bonds. The molecule has 0 radical (unpaired) electrons. The standard InChI is InChI=1S/CH5B.Mg.2H2O.2H/c1-2;;;;;/h2H2,1H3;;2*1H2;;. The van der Waals surface area contributed by atoms with Gasteiger partial charge in [-0.3, -0.25) is 0 Å². The summed E-state index contributed by atoms with van der Waals surface area (Å²) in [4.78, 5) is 0. The molecule has 0 aliphatic rings. The van der Waals surface area contributed by atoms with Gasteiger partial charge in [-0.05, 0) is 0 Å². The minimum atomic E-state index is 0. The SMILES string of the molecule is BC.O.O.[MgH2]. The maximum atomic E-state index is 2.00. The van der Waals surface area contributed by atoms with Crippen molar-refractivity contribution >= 4 is 30.9 Å². The van der Waals surface area contributed by atoms with E-state index in [-0.39, 0.29) is 34.0 Å². The topological polar surface area (TPSA) is 63.0 Å². The van der Waals surface area contributed by atoms with Crippen LogP contribution in [0.1, 0.15) is 0 Å². The lowest BCUT2D eigenvalue weighted by molar-refractivity contribution is 0.823. The summed E-state index contributed by atoms with van der Waals surface area (Å²) in [6.45, 7) is 2.00. The molecule has 5 heavy (non-hydrogen) atoms. The van der Waals surface area contributed by atoms with Crippen molar-refractivity contribution in [1.82, 2.24) is 0 Å². The molecule has 0 aromatic carbocycles. The minimum Gasteiger partial charge on any atom is -0.412 e. The molecule has 0 atom stereocenters. The molecule has 0 rings (SSSR count). The Morgan fingerprint density at radius 1 is 1.00 bits per heavy atom. The van der Waals surface area contributed by atoms with E-state index in [1.807, 2.05) is 14.7 Å². The smallest absolute Gasteiger partial charge is 0.316 e. The van der Waals surface area contributed by atoms with Crippen molar-refractivity contribution in [2.45, 2.75) is 6.82 Å². The van der Waals surface area contributed by atoms with E-state index in [2.05, 4.69) is 0 Å². The van der Waals surface area contributed by atoms with Crippen molar-refractivity contribution in [3.8, 4) is 0 Å². The molecule has 32 valence electrons.